The van der Waals surface area contributed by atoms with Crippen molar-refractivity contribution in [2.75, 3.05) is 18.1 Å². The zero-order valence-electron chi connectivity index (χ0n) is 15.2. The zero-order chi connectivity index (χ0) is 20.4. The smallest absolute Gasteiger partial charge is 0.381 e. The molecular formula is C19H17F3N4O2S. The fraction of sp³-hybridized carbons (Fsp3) is 0.368. The van der Waals surface area contributed by atoms with E-state index in [1.807, 2.05) is 0 Å². The minimum absolute atomic E-state index is 0.118. The first kappa shape index (κ1) is 19.7. The number of aromatic nitrogens is 3. The topological polar surface area (TPSA) is 68.2 Å². The van der Waals surface area contributed by atoms with Crippen molar-refractivity contribution in [2.24, 2.45) is 5.92 Å². The zero-order valence-corrected chi connectivity index (χ0v) is 16.0. The Kier molecular flexibility index (Phi) is 5.46. The Bertz CT molecular complexity index is 1000. The molecule has 1 aliphatic heterocycles. The monoisotopic (exact) mass is 422 g/mol. The predicted octanol–water partition coefficient (Wildman–Crippen LogP) is 4.06. The third-order valence-corrected chi connectivity index (χ3v) is 5.77. The van der Waals surface area contributed by atoms with Gasteiger partial charge in [0.25, 0.3) is 0 Å². The van der Waals surface area contributed by atoms with Gasteiger partial charge in [0.2, 0.25) is 5.91 Å². The molecule has 6 nitrogen and oxygen atoms in total. The minimum Gasteiger partial charge on any atom is -0.381 e. The second-order valence-corrected chi connectivity index (χ2v) is 7.74. The van der Waals surface area contributed by atoms with Crippen LogP contribution in [-0.2, 0) is 22.3 Å². The van der Waals surface area contributed by atoms with Crippen LogP contribution in [0.4, 0.5) is 18.3 Å². The number of anilines is 1. The number of carbonyl (C=O) groups excluding carboxylic acids is 1. The molecule has 0 spiro atoms. The number of fused-ring (bicyclic) bond motifs is 1. The van der Waals surface area contributed by atoms with Crippen molar-refractivity contribution in [1.29, 1.82) is 0 Å². The van der Waals surface area contributed by atoms with E-state index in [1.54, 1.807) is 12.4 Å². The van der Waals surface area contributed by atoms with Crippen LogP contribution >= 0.6 is 11.3 Å². The van der Waals surface area contributed by atoms with Crippen LogP contribution in [0.5, 0.6) is 0 Å². The van der Waals surface area contributed by atoms with Gasteiger partial charge in [0.1, 0.15) is 6.33 Å². The van der Waals surface area contributed by atoms with Gasteiger partial charge in [-0.1, -0.05) is 11.3 Å². The first-order valence-corrected chi connectivity index (χ1v) is 9.84. The van der Waals surface area contributed by atoms with Crippen LogP contribution in [0.3, 0.4) is 0 Å². The highest BCUT2D eigenvalue weighted by molar-refractivity contribution is 7.22. The van der Waals surface area contributed by atoms with Gasteiger partial charge in [0, 0.05) is 37.1 Å². The number of nitrogens with zero attached hydrogens (tertiary/aromatic N) is 4. The van der Waals surface area contributed by atoms with Gasteiger partial charge in [0.15, 0.2) is 5.13 Å². The van der Waals surface area contributed by atoms with E-state index in [1.165, 1.54) is 17.3 Å². The van der Waals surface area contributed by atoms with Crippen molar-refractivity contribution < 1.29 is 22.7 Å². The van der Waals surface area contributed by atoms with Crippen molar-refractivity contribution >= 4 is 32.6 Å². The molecule has 29 heavy (non-hydrogen) atoms. The summed E-state index contributed by atoms with van der Waals surface area (Å²) in [6.07, 6.45) is 1.37. The highest BCUT2D eigenvalue weighted by Gasteiger charge is 2.32. The number of hydrogen-bond acceptors (Lipinski definition) is 6. The Morgan fingerprint density at radius 1 is 1.21 bits per heavy atom. The van der Waals surface area contributed by atoms with Crippen molar-refractivity contribution in [2.45, 2.75) is 25.6 Å². The standard InChI is InChI=1S/C19H17F3N4O2S/c20-19(21,22)14-1-2-15-16(7-14)29-18(25-15)26(10-12-8-23-11-24-9-12)17(27)13-3-5-28-6-4-13/h1-2,7-9,11,13H,3-6,10H2. The van der Waals surface area contributed by atoms with Gasteiger partial charge in [-0.15, -0.1) is 0 Å². The molecule has 2 aromatic heterocycles. The van der Waals surface area contributed by atoms with Gasteiger partial charge in [-0.3, -0.25) is 9.69 Å². The summed E-state index contributed by atoms with van der Waals surface area (Å²) < 4.78 is 44.8. The Hall–Kier alpha value is -2.59. The Labute approximate surface area is 168 Å². The molecule has 0 bridgehead atoms. The Balaban J connectivity index is 1.70. The molecular weight excluding hydrogens is 405 g/mol. The van der Waals surface area contributed by atoms with E-state index in [0.717, 1.165) is 23.5 Å². The van der Waals surface area contributed by atoms with E-state index < -0.39 is 11.7 Å². The number of ether oxygens (including phenoxy) is 1. The molecule has 1 aliphatic rings. The van der Waals surface area contributed by atoms with Crippen LogP contribution in [0.25, 0.3) is 10.2 Å². The second kappa shape index (κ2) is 8.03. The molecule has 0 N–H and O–H groups in total. The lowest BCUT2D eigenvalue weighted by Gasteiger charge is -2.27. The van der Waals surface area contributed by atoms with E-state index in [2.05, 4.69) is 15.0 Å². The van der Waals surface area contributed by atoms with Crippen LogP contribution in [0.15, 0.2) is 36.9 Å². The average Bonchev–Trinajstić information content (AvgIpc) is 3.15. The molecule has 0 saturated carbocycles. The number of hydrogen-bond donors (Lipinski definition) is 0. The van der Waals surface area contributed by atoms with Gasteiger partial charge in [-0.05, 0) is 31.0 Å². The number of carbonyl (C=O) groups is 1. The quantitative estimate of drug-likeness (QED) is 0.634. The molecule has 0 aliphatic carbocycles. The number of alkyl halides is 3. The summed E-state index contributed by atoms with van der Waals surface area (Å²) >= 11 is 1.07. The second-order valence-electron chi connectivity index (χ2n) is 6.73. The lowest BCUT2D eigenvalue weighted by atomic mass is 9.98. The molecule has 1 aromatic carbocycles. The number of halogens is 3. The Morgan fingerprint density at radius 3 is 2.62 bits per heavy atom. The van der Waals surface area contributed by atoms with Crippen LogP contribution in [-0.4, -0.2) is 34.1 Å². The Morgan fingerprint density at radius 2 is 1.93 bits per heavy atom. The van der Waals surface area contributed by atoms with E-state index in [9.17, 15) is 18.0 Å². The maximum absolute atomic E-state index is 13.2. The number of amides is 1. The van der Waals surface area contributed by atoms with E-state index in [0.29, 0.717) is 47.0 Å². The summed E-state index contributed by atoms with van der Waals surface area (Å²) in [5.41, 5.74) is 0.397. The van der Waals surface area contributed by atoms with E-state index in [4.69, 9.17) is 4.74 Å². The van der Waals surface area contributed by atoms with Crippen LogP contribution in [0, 0.1) is 5.92 Å². The van der Waals surface area contributed by atoms with Crippen molar-refractivity contribution in [3.8, 4) is 0 Å². The summed E-state index contributed by atoms with van der Waals surface area (Å²) in [7, 11) is 0. The molecule has 1 fully saturated rings. The number of rotatable bonds is 4. The molecule has 3 aromatic rings. The SMILES string of the molecule is O=C(C1CCOCC1)N(Cc1cncnc1)c1nc2ccc(C(F)(F)F)cc2s1. The fourth-order valence-electron chi connectivity index (χ4n) is 3.20. The van der Waals surface area contributed by atoms with Gasteiger partial charge < -0.3 is 4.74 Å². The van der Waals surface area contributed by atoms with Gasteiger partial charge in [-0.25, -0.2) is 15.0 Å². The fourth-order valence-corrected chi connectivity index (χ4v) is 4.21. The van der Waals surface area contributed by atoms with Crippen molar-refractivity contribution in [3.63, 3.8) is 0 Å². The highest BCUT2D eigenvalue weighted by atomic mass is 32.1. The van der Waals surface area contributed by atoms with Gasteiger partial charge >= 0.3 is 6.18 Å². The molecule has 0 unspecified atom stereocenters. The molecule has 3 heterocycles. The summed E-state index contributed by atoms with van der Waals surface area (Å²) in [4.78, 5) is 27.1. The number of thiazole rings is 1. The van der Waals surface area contributed by atoms with Gasteiger partial charge in [0.05, 0.1) is 22.3 Å². The average molecular weight is 422 g/mol. The highest BCUT2D eigenvalue weighted by Crippen LogP contribution is 2.36. The van der Waals surface area contributed by atoms with E-state index >= 15 is 0 Å². The predicted molar refractivity (Wildman–Crippen MR) is 101 cm³/mol. The summed E-state index contributed by atoms with van der Waals surface area (Å²) in [5.74, 6) is -0.335. The molecule has 1 saturated heterocycles. The molecule has 0 atom stereocenters. The lowest BCUT2D eigenvalue weighted by Crippen LogP contribution is -2.38. The molecule has 152 valence electrons. The first-order valence-electron chi connectivity index (χ1n) is 9.02. The molecule has 1 amide bonds. The third-order valence-electron chi connectivity index (χ3n) is 4.73. The molecule has 0 radical (unpaired) electrons. The number of benzene rings is 1. The molecule has 4 rings (SSSR count). The van der Waals surface area contributed by atoms with Crippen LogP contribution in [0.2, 0.25) is 0 Å². The summed E-state index contributed by atoms with van der Waals surface area (Å²) in [5, 5.41) is 0.361. The maximum Gasteiger partial charge on any atom is 0.416 e. The van der Waals surface area contributed by atoms with Crippen LogP contribution < -0.4 is 4.90 Å². The van der Waals surface area contributed by atoms with Crippen molar-refractivity contribution in [3.05, 3.63) is 48.0 Å². The van der Waals surface area contributed by atoms with Crippen LogP contribution in [0.1, 0.15) is 24.0 Å². The molecule has 10 heteroatoms. The maximum atomic E-state index is 13.2. The largest absolute Gasteiger partial charge is 0.416 e. The lowest BCUT2D eigenvalue weighted by molar-refractivity contribution is -0.137. The normalized spacial score (nSPS) is 15.6. The third kappa shape index (κ3) is 4.38. The summed E-state index contributed by atoms with van der Waals surface area (Å²) in [6.45, 7) is 1.21. The van der Waals surface area contributed by atoms with E-state index in [-0.39, 0.29) is 18.4 Å². The van der Waals surface area contributed by atoms with Crippen molar-refractivity contribution in [1.82, 2.24) is 15.0 Å². The minimum atomic E-state index is -4.43. The van der Waals surface area contributed by atoms with Gasteiger partial charge in [-0.2, -0.15) is 13.2 Å². The first-order chi connectivity index (χ1) is 13.9. The summed E-state index contributed by atoms with van der Waals surface area (Å²) in [6, 6.07) is 3.40.